The first kappa shape index (κ1) is 15.6. The van der Waals surface area contributed by atoms with Crippen LogP contribution in [0.25, 0.3) is 0 Å². The largest absolute Gasteiger partial charge is 0.301 e. The second kappa shape index (κ2) is 6.65. The lowest BCUT2D eigenvalue weighted by molar-refractivity contribution is 0.0953. The summed E-state index contributed by atoms with van der Waals surface area (Å²) in [5.41, 5.74) is 3.49. The third-order valence-electron chi connectivity index (χ3n) is 2.62. The van der Waals surface area contributed by atoms with E-state index in [2.05, 4.69) is 5.43 Å². The Labute approximate surface area is 113 Å². The molecule has 0 aromatic heterocycles. The number of amides is 1. The van der Waals surface area contributed by atoms with Crippen molar-refractivity contribution in [3.63, 3.8) is 0 Å². The second-order valence-corrected chi connectivity index (χ2v) is 6.80. The maximum Gasteiger partial charge on any atom is 0.265 e. The summed E-state index contributed by atoms with van der Waals surface area (Å²) in [6.07, 6.45) is 1.22. The molecule has 0 saturated carbocycles. The molecule has 19 heavy (non-hydrogen) atoms. The molecule has 0 aliphatic rings. The van der Waals surface area contributed by atoms with E-state index in [-0.39, 0.29) is 11.7 Å². The highest BCUT2D eigenvalue weighted by molar-refractivity contribution is 7.90. The van der Waals surface area contributed by atoms with Crippen LogP contribution in [0.4, 0.5) is 0 Å². The number of carbonyl (C=O) groups excluding carboxylic acids is 1. The summed E-state index contributed by atoms with van der Waals surface area (Å²) in [6, 6.07) is 7.05. The number of hydrazine groups is 1. The van der Waals surface area contributed by atoms with Crippen LogP contribution in [-0.4, -0.2) is 44.8 Å². The highest BCUT2D eigenvalue weighted by atomic mass is 32.2. The zero-order valence-corrected chi connectivity index (χ0v) is 11.9. The van der Waals surface area contributed by atoms with Gasteiger partial charge in [0.25, 0.3) is 5.91 Å². The molecule has 7 heteroatoms. The van der Waals surface area contributed by atoms with Crippen LogP contribution in [0.15, 0.2) is 24.3 Å². The first-order valence-corrected chi connectivity index (χ1v) is 7.84. The second-order valence-electron chi connectivity index (χ2n) is 4.54. The van der Waals surface area contributed by atoms with Crippen molar-refractivity contribution in [3.05, 3.63) is 35.4 Å². The number of carbonyl (C=O) groups is 1. The Kier molecular flexibility index (Phi) is 5.46. The van der Waals surface area contributed by atoms with Gasteiger partial charge in [0.2, 0.25) is 0 Å². The number of hydrogen-bond acceptors (Lipinski definition) is 5. The maximum absolute atomic E-state index is 11.4. The zero-order valence-electron chi connectivity index (χ0n) is 11.1. The number of benzene rings is 1. The number of nitrogens with one attached hydrogen (secondary N) is 1. The molecule has 0 bridgehead atoms. The minimum Gasteiger partial charge on any atom is -0.301 e. The van der Waals surface area contributed by atoms with E-state index in [1.807, 2.05) is 18.0 Å². The van der Waals surface area contributed by atoms with Gasteiger partial charge >= 0.3 is 0 Å². The van der Waals surface area contributed by atoms with Gasteiger partial charge in [-0.3, -0.25) is 10.2 Å². The normalized spacial score (nSPS) is 11.6. The van der Waals surface area contributed by atoms with Gasteiger partial charge in [0.15, 0.2) is 0 Å². The summed E-state index contributed by atoms with van der Waals surface area (Å²) in [5.74, 6) is 4.85. The van der Waals surface area contributed by atoms with Gasteiger partial charge in [-0.25, -0.2) is 14.3 Å². The molecule has 3 N–H and O–H groups in total. The summed E-state index contributed by atoms with van der Waals surface area (Å²) < 4.78 is 22.2. The summed E-state index contributed by atoms with van der Waals surface area (Å²) in [7, 11) is -1.13. The van der Waals surface area contributed by atoms with Crippen molar-refractivity contribution in [2.75, 3.05) is 25.6 Å². The lowest BCUT2D eigenvalue weighted by atomic mass is 10.1. The Bertz CT molecular complexity index is 543. The summed E-state index contributed by atoms with van der Waals surface area (Å²) >= 11 is 0. The smallest absolute Gasteiger partial charge is 0.265 e. The van der Waals surface area contributed by atoms with Crippen LogP contribution < -0.4 is 11.3 Å². The average Bonchev–Trinajstić information content (AvgIpc) is 2.35. The van der Waals surface area contributed by atoms with Crippen molar-refractivity contribution in [1.29, 1.82) is 0 Å². The number of nitrogen functional groups attached to an aromatic ring is 1. The third kappa shape index (κ3) is 5.82. The van der Waals surface area contributed by atoms with Gasteiger partial charge in [-0.2, -0.15) is 0 Å². The molecule has 6 nitrogen and oxygen atoms in total. The summed E-state index contributed by atoms with van der Waals surface area (Å²) in [4.78, 5) is 13.3. The first-order chi connectivity index (χ1) is 8.81. The Morgan fingerprint density at radius 3 is 2.68 bits per heavy atom. The fourth-order valence-electron chi connectivity index (χ4n) is 1.61. The van der Waals surface area contributed by atoms with Gasteiger partial charge in [-0.1, -0.05) is 12.1 Å². The summed E-state index contributed by atoms with van der Waals surface area (Å²) in [6.45, 7) is 1.02. The number of sulfone groups is 1. The van der Waals surface area contributed by atoms with E-state index in [1.54, 1.807) is 18.2 Å². The van der Waals surface area contributed by atoms with E-state index in [0.29, 0.717) is 18.7 Å². The van der Waals surface area contributed by atoms with Gasteiger partial charge in [0, 0.05) is 24.9 Å². The van der Waals surface area contributed by atoms with Crippen molar-refractivity contribution < 1.29 is 13.2 Å². The number of rotatable bonds is 6. The molecule has 1 aromatic rings. The predicted octanol–water partition coefficient (Wildman–Crippen LogP) is -0.233. The Balaban J connectivity index is 2.64. The minimum absolute atomic E-state index is 0.118. The molecule has 0 heterocycles. The molecule has 0 aliphatic carbocycles. The lowest BCUT2D eigenvalue weighted by Gasteiger charge is -2.16. The zero-order chi connectivity index (χ0) is 14.5. The van der Waals surface area contributed by atoms with Crippen LogP contribution in [0.2, 0.25) is 0 Å². The third-order valence-corrected chi connectivity index (χ3v) is 3.54. The summed E-state index contributed by atoms with van der Waals surface area (Å²) in [5, 5.41) is 0. The topological polar surface area (TPSA) is 92.5 Å². The Hall–Kier alpha value is -1.44. The van der Waals surface area contributed by atoms with Crippen molar-refractivity contribution in [2.24, 2.45) is 5.84 Å². The standard InChI is InChI=1S/C12H19N3O3S/c1-15(6-7-19(2,17)18)9-10-4-3-5-11(8-10)12(16)14-13/h3-5,8H,6-7,9,13H2,1-2H3,(H,14,16). The van der Waals surface area contributed by atoms with Crippen LogP contribution in [0, 0.1) is 0 Å². The van der Waals surface area contributed by atoms with E-state index < -0.39 is 9.84 Å². The fourth-order valence-corrected chi connectivity index (χ4v) is 2.25. The highest BCUT2D eigenvalue weighted by Gasteiger charge is 2.08. The molecule has 0 fully saturated rings. The van der Waals surface area contributed by atoms with Crippen LogP contribution >= 0.6 is 0 Å². The van der Waals surface area contributed by atoms with Crippen LogP contribution in [-0.2, 0) is 16.4 Å². The van der Waals surface area contributed by atoms with E-state index in [4.69, 9.17) is 5.84 Å². The van der Waals surface area contributed by atoms with E-state index in [1.165, 1.54) is 6.26 Å². The van der Waals surface area contributed by atoms with Gasteiger partial charge in [0.1, 0.15) is 9.84 Å². The number of hydrogen-bond donors (Lipinski definition) is 2. The molecule has 0 radical (unpaired) electrons. The molecule has 1 rings (SSSR count). The molecule has 0 aliphatic heterocycles. The van der Waals surface area contributed by atoms with Crippen molar-refractivity contribution >= 4 is 15.7 Å². The first-order valence-electron chi connectivity index (χ1n) is 5.78. The molecular formula is C12H19N3O3S. The highest BCUT2D eigenvalue weighted by Crippen LogP contribution is 2.07. The van der Waals surface area contributed by atoms with E-state index in [0.717, 1.165) is 5.56 Å². The molecular weight excluding hydrogens is 266 g/mol. The Morgan fingerprint density at radius 2 is 2.11 bits per heavy atom. The quantitative estimate of drug-likeness (QED) is 0.428. The SMILES string of the molecule is CN(CCS(C)(=O)=O)Cc1cccc(C(=O)NN)c1. The van der Waals surface area contributed by atoms with Crippen LogP contribution in [0.1, 0.15) is 15.9 Å². The molecule has 106 valence electrons. The number of nitrogens with zero attached hydrogens (tertiary/aromatic N) is 1. The average molecular weight is 285 g/mol. The van der Waals surface area contributed by atoms with E-state index in [9.17, 15) is 13.2 Å². The monoisotopic (exact) mass is 285 g/mol. The lowest BCUT2D eigenvalue weighted by Crippen LogP contribution is -2.30. The molecule has 1 aromatic carbocycles. The molecule has 0 unspecified atom stereocenters. The number of nitrogens with two attached hydrogens (primary N) is 1. The van der Waals surface area contributed by atoms with Crippen molar-refractivity contribution in [2.45, 2.75) is 6.54 Å². The van der Waals surface area contributed by atoms with Gasteiger partial charge < -0.3 is 4.90 Å². The predicted molar refractivity (Wildman–Crippen MR) is 74.1 cm³/mol. The van der Waals surface area contributed by atoms with Crippen LogP contribution in [0.5, 0.6) is 0 Å². The van der Waals surface area contributed by atoms with Gasteiger partial charge in [-0.05, 0) is 24.7 Å². The van der Waals surface area contributed by atoms with Crippen molar-refractivity contribution in [1.82, 2.24) is 10.3 Å². The molecule has 0 saturated heterocycles. The van der Waals surface area contributed by atoms with Gasteiger partial charge in [-0.15, -0.1) is 0 Å². The molecule has 0 atom stereocenters. The van der Waals surface area contributed by atoms with Gasteiger partial charge in [0.05, 0.1) is 5.75 Å². The Morgan fingerprint density at radius 1 is 1.42 bits per heavy atom. The van der Waals surface area contributed by atoms with E-state index >= 15 is 0 Å². The fraction of sp³-hybridized carbons (Fsp3) is 0.417. The molecule has 0 spiro atoms. The van der Waals surface area contributed by atoms with Crippen molar-refractivity contribution in [3.8, 4) is 0 Å². The molecule has 1 amide bonds. The minimum atomic E-state index is -2.96. The maximum atomic E-state index is 11.4. The van der Waals surface area contributed by atoms with Crippen LogP contribution in [0.3, 0.4) is 0 Å².